The number of benzene rings is 2. The first kappa shape index (κ1) is 19.6. The molecule has 0 saturated carbocycles. The van der Waals surface area contributed by atoms with Crippen molar-refractivity contribution in [1.82, 2.24) is 0 Å². The Labute approximate surface area is 154 Å². The van der Waals surface area contributed by atoms with Crippen molar-refractivity contribution < 1.29 is 23.7 Å². The average molecular weight is 359 g/mol. The third kappa shape index (κ3) is 7.03. The van der Waals surface area contributed by atoms with Gasteiger partial charge in [0.25, 0.3) is 5.91 Å². The van der Waals surface area contributed by atoms with E-state index in [4.69, 9.17) is 18.9 Å². The summed E-state index contributed by atoms with van der Waals surface area (Å²) in [5, 5.41) is 2.77. The van der Waals surface area contributed by atoms with E-state index in [1.165, 1.54) is 0 Å². The van der Waals surface area contributed by atoms with Crippen LogP contribution in [0.15, 0.2) is 48.5 Å². The molecule has 0 radical (unpaired) electrons. The third-order valence-electron chi connectivity index (χ3n) is 3.34. The van der Waals surface area contributed by atoms with Gasteiger partial charge in [0.05, 0.1) is 13.2 Å². The van der Waals surface area contributed by atoms with Gasteiger partial charge in [-0.25, -0.2) is 0 Å². The molecule has 2 aromatic carbocycles. The second-order valence-electron chi connectivity index (χ2n) is 5.31. The number of ether oxygens (including phenoxy) is 4. The molecule has 6 nitrogen and oxygen atoms in total. The van der Waals surface area contributed by atoms with Crippen LogP contribution in [0.2, 0.25) is 0 Å². The maximum Gasteiger partial charge on any atom is 0.262 e. The van der Waals surface area contributed by atoms with Crippen LogP contribution in [0, 0.1) is 0 Å². The Morgan fingerprint density at radius 1 is 0.769 bits per heavy atom. The van der Waals surface area contributed by atoms with Crippen LogP contribution in [-0.4, -0.2) is 38.9 Å². The topological polar surface area (TPSA) is 66.0 Å². The van der Waals surface area contributed by atoms with E-state index in [-0.39, 0.29) is 12.5 Å². The number of anilines is 1. The second kappa shape index (κ2) is 11.0. The lowest BCUT2D eigenvalue weighted by molar-refractivity contribution is -0.118. The number of nitrogens with one attached hydrogen (secondary N) is 1. The van der Waals surface area contributed by atoms with E-state index < -0.39 is 0 Å². The van der Waals surface area contributed by atoms with Gasteiger partial charge in [0.1, 0.15) is 23.9 Å². The first-order valence-corrected chi connectivity index (χ1v) is 8.67. The summed E-state index contributed by atoms with van der Waals surface area (Å²) < 4.78 is 21.6. The quantitative estimate of drug-likeness (QED) is 0.622. The van der Waals surface area contributed by atoms with E-state index >= 15 is 0 Å². The molecule has 0 unspecified atom stereocenters. The summed E-state index contributed by atoms with van der Waals surface area (Å²) in [6.45, 7) is 6.13. The number of rotatable bonds is 11. The van der Waals surface area contributed by atoms with Crippen molar-refractivity contribution in [1.29, 1.82) is 0 Å². The maximum absolute atomic E-state index is 12.0. The van der Waals surface area contributed by atoms with E-state index in [1.54, 1.807) is 36.4 Å². The molecular formula is C20H25NO5. The lowest BCUT2D eigenvalue weighted by Gasteiger charge is -2.10. The van der Waals surface area contributed by atoms with Gasteiger partial charge in [-0.2, -0.15) is 0 Å². The van der Waals surface area contributed by atoms with Crippen molar-refractivity contribution in [3.8, 4) is 17.2 Å². The molecule has 0 spiro atoms. The molecule has 0 aliphatic rings. The summed E-state index contributed by atoms with van der Waals surface area (Å²) in [4.78, 5) is 12.0. The van der Waals surface area contributed by atoms with Crippen LogP contribution in [0.3, 0.4) is 0 Å². The van der Waals surface area contributed by atoms with Crippen LogP contribution in [0.1, 0.15) is 13.8 Å². The SMILES string of the molecule is CCOCCOc1ccc(OCC(=O)Nc2ccc(OCC)cc2)cc1. The molecule has 0 heterocycles. The molecule has 2 aromatic rings. The number of hydrogen-bond donors (Lipinski definition) is 1. The molecule has 0 fully saturated rings. The molecule has 6 heteroatoms. The van der Waals surface area contributed by atoms with Crippen molar-refractivity contribution in [2.24, 2.45) is 0 Å². The van der Waals surface area contributed by atoms with Crippen LogP contribution in [0.4, 0.5) is 5.69 Å². The molecule has 1 N–H and O–H groups in total. The van der Waals surface area contributed by atoms with Gasteiger partial charge in [0.15, 0.2) is 6.61 Å². The van der Waals surface area contributed by atoms with Crippen molar-refractivity contribution in [3.05, 3.63) is 48.5 Å². The summed E-state index contributed by atoms with van der Waals surface area (Å²) in [6.07, 6.45) is 0. The number of amides is 1. The molecule has 0 aliphatic carbocycles. The van der Waals surface area contributed by atoms with Gasteiger partial charge in [0.2, 0.25) is 0 Å². The Kier molecular flexibility index (Phi) is 8.29. The minimum absolute atomic E-state index is 0.0717. The smallest absolute Gasteiger partial charge is 0.262 e. The maximum atomic E-state index is 12.0. The Morgan fingerprint density at radius 3 is 1.96 bits per heavy atom. The predicted octanol–water partition coefficient (Wildman–Crippen LogP) is 3.52. The standard InChI is InChI=1S/C20H25NO5/c1-3-23-13-14-25-18-9-11-19(12-10-18)26-15-20(22)21-16-5-7-17(8-6-16)24-4-2/h5-12H,3-4,13-15H2,1-2H3,(H,21,22). The van der Waals surface area contributed by atoms with E-state index in [9.17, 15) is 4.79 Å². The second-order valence-corrected chi connectivity index (χ2v) is 5.31. The molecule has 0 atom stereocenters. The highest BCUT2D eigenvalue weighted by molar-refractivity contribution is 5.91. The Morgan fingerprint density at radius 2 is 1.35 bits per heavy atom. The molecule has 0 bridgehead atoms. The molecule has 1 amide bonds. The predicted molar refractivity (Wildman–Crippen MR) is 100 cm³/mol. The van der Waals surface area contributed by atoms with Crippen LogP contribution >= 0.6 is 0 Å². The summed E-state index contributed by atoms with van der Waals surface area (Å²) in [7, 11) is 0. The third-order valence-corrected chi connectivity index (χ3v) is 3.34. The van der Waals surface area contributed by atoms with Crippen LogP contribution in [0.25, 0.3) is 0 Å². The van der Waals surface area contributed by atoms with Crippen molar-refractivity contribution in [2.45, 2.75) is 13.8 Å². The van der Waals surface area contributed by atoms with Crippen molar-refractivity contribution in [3.63, 3.8) is 0 Å². The fourth-order valence-corrected chi connectivity index (χ4v) is 2.14. The monoisotopic (exact) mass is 359 g/mol. The largest absolute Gasteiger partial charge is 0.494 e. The Hall–Kier alpha value is -2.73. The van der Waals surface area contributed by atoms with E-state index in [0.29, 0.717) is 37.9 Å². The molecular weight excluding hydrogens is 334 g/mol. The zero-order chi connectivity index (χ0) is 18.6. The highest BCUT2D eigenvalue weighted by atomic mass is 16.5. The highest BCUT2D eigenvalue weighted by Gasteiger charge is 2.04. The zero-order valence-corrected chi connectivity index (χ0v) is 15.2. The van der Waals surface area contributed by atoms with E-state index in [1.807, 2.05) is 26.0 Å². The summed E-state index contributed by atoms with van der Waals surface area (Å²) in [5.41, 5.74) is 0.695. The molecule has 0 aliphatic heterocycles. The Balaban J connectivity index is 1.72. The van der Waals surface area contributed by atoms with Crippen molar-refractivity contribution in [2.75, 3.05) is 38.4 Å². The van der Waals surface area contributed by atoms with Gasteiger partial charge in [-0.3, -0.25) is 4.79 Å². The highest BCUT2D eigenvalue weighted by Crippen LogP contribution is 2.18. The molecule has 0 saturated heterocycles. The average Bonchev–Trinajstić information content (AvgIpc) is 2.66. The molecule has 2 rings (SSSR count). The number of hydrogen-bond acceptors (Lipinski definition) is 5. The molecule has 26 heavy (non-hydrogen) atoms. The number of carbonyl (C=O) groups excluding carboxylic acids is 1. The van der Waals surface area contributed by atoms with Crippen LogP contribution in [-0.2, 0) is 9.53 Å². The fourth-order valence-electron chi connectivity index (χ4n) is 2.14. The van der Waals surface area contributed by atoms with Crippen LogP contribution < -0.4 is 19.5 Å². The minimum atomic E-state index is -0.230. The number of carbonyl (C=O) groups is 1. The van der Waals surface area contributed by atoms with Gasteiger partial charge < -0.3 is 24.3 Å². The van der Waals surface area contributed by atoms with Gasteiger partial charge in [-0.15, -0.1) is 0 Å². The van der Waals surface area contributed by atoms with Gasteiger partial charge >= 0.3 is 0 Å². The fraction of sp³-hybridized carbons (Fsp3) is 0.350. The zero-order valence-electron chi connectivity index (χ0n) is 15.2. The van der Waals surface area contributed by atoms with E-state index in [2.05, 4.69) is 5.32 Å². The molecule has 140 valence electrons. The Bertz CT molecular complexity index is 655. The first-order chi connectivity index (χ1) is 12.7. The summed E-state index contributed by atoms with van der Waals surface area (Å²) >= 11 is 0. The lowest BCUT2D eigenvalue weighted by atomic mass is 10.3. The minimum Gasteiger partial charge on any atom is -0.494 e. The van der Waals surface area contributed by atoms with Gasteiger partial charge in [0, 0.05) is 12.3 Å². The van der Waals surface area contributed by atoms with Crippen molar-refractivity contribution >= 4 is 11.6 Å². The van der Waals surface area contributed by atoms with Gasteiger partial charge in [-0.05, 0) is 62.4 Å². The van der Waals surface area contributed by atoms with Crippen LogP contribution in [0.5, 0.6) is 17.2 Å². The molecule has 0 aromatic heterocycles. The summed E-state index contributed by atoms with van der Waals surface area (Å²) in [6, 6.07) is 14.3. The van der Waals surface area contributed by atoms with Gasteiger partial charge in [-0.1, -0.05) is 0 Å². The lowest BCUT2D eigenvalue weighted by Crippen LogP contribution is -2.20. The normalized spacial score (nSPS) is 10.2. The first-order valence-electron chi connectivity index (χ1n) is 8.67. The summed E-state index contributed by atoms with van der Waals surface area (Å²) in [5.74, 6) is 1.87. The van der Waals surface area contributed by atoms with E-state index in [0.717, 1.165) is 11.5 Å².